The first-order valence-electron chi connectivity index (χ1n) is 7.46. The van der Waals surface area contributed by atoms with Crippen LogP contribution in [0.2, 0.25) is 5.02 Å². The molecule has 1 heterocycles. The van der Waals surface area contributed by atoms with Gasteiger partial charge in [-0.15, -0.1) is 11.3 Å². The number of rotatable bonds is 5. The Balaban J connectivity index is 1.66. The molecule has 0 N–H and O–H groups in total. The number of carbonyl (C=O) groups excluding carboxylic acids is 2. The molecule has 3 nitrogen and oxygen atoms in total. The van der Waals surface area contributed by atoms with E-state index >= 15 is 0 Å². The molecule has 25 heavy (non-hydrogen) atoms. The van der Waals surface area contributed by atoms with Crippen molar-refractivity contribution in [3.8, 4) is 5.75 Å². The first-order valence-corrected chi connectivity index (χ1v) is 8.72. The van der Waals surface area contributed by atoms with Crippen LogP contribution in [0.1, 0.15) is 25.6 Å². The van der Waals surface area contributed by atoms with E-state index in [1.807, 2.05) is 23.6 Å². The molecule has 0 saturated heterocycles. The van der Waals surface area contributed by atoms with Gasteiger partial charge in [-0.2, -0.15) is 0 Å². The molecule has 2 aromatic carbocycles. The summed E-state index contributed by atoms with van der Waals surface area (Å²) >= 11 is 7.37. The Morgan fingerprint density at radius 1 is 0.960 bits per heavy atom. The van der Waals surface area contributed by atoms with E-state index in [-0.39, 0.29) is 5.78 Å². The summed E-state index contributed by atoms with van der Waals surface area (Å²) in [6.07, 6.45) is 3.14. The molecule has 0 bridgehead atoms. The van der Waals surface area contributed by atoms with Crippen LogP contribution >= 0.6 is 22.9 Å². The highest BCUT2D eigenvalue weighted by atomic mass is 35.5. The number of benzene rings is 2. The predicted octanol–water partition coefficient (Wildman–Crippen LogP) is 5.52. The average molecular weight is 369 g/mol. The number of allylic oxidation sites excluding steroid dienone is 1. The third kappa shape index (κ3) is 4.44. The number of halogens is 1. The van der Waals surface area contributed by atoms with E-state index in [1.54, 1.807) is 48.5 Å². The van der Waals surface area contributed by atoms with Crippen molar-refractivity contribution < 1.29 is 14.3 Å². The van der Waals surface area contributed by atoms with Crippen LogP contribution in [-0.4, -0.2) is 11.8 Å². The molecule has 0 saturated carbocycles. The highest BCUT2D eigenvalue weighted by Gasteiger charge is 2.10. The molecule has 124 valence electrons. The van der Waals surface area contributed by atoms with Crippen molar-refractivity contribution in [2.45, 2.75) is 0 Å². The Morgan fingerprint density at radius 2 is 1.72 bits per heavy atom. The number of esters is 1. The van der Waals surface area contributed by atoms with E-state index in [0.717, 1.165) is 5.56 Å². The first-order chi connectivity index (χ1) is 12.1. The predicted molar refractivity (Wildman–Crippen MR) is 101 cm³/mol. The third-order valence-corrected chi connectivity index (χ3v) is 4.59. The van der Waals surface area contributed by atoms with Gasteiger partial charge in [-0.1, -0.05) is 35.9 Å². The van der Waals surface area contributed by atoms with Gasteiger partial charge in [-0.05, 0) is 59.5 Å². The zero-order chi connectivity index (χ0) is 17.6. The first kappa shape index (κ1) is 17.1. The van der Waals surface area contributed by atoms with Crippen molar-refractivity contribution in [1.29, 1.82) is 0 Å². The minimum atomic E-state index is -0.410. The fraction of sp³-hybridized carbons (Fsp3) is 0. The van der Waals surface area contributed by atoms with Gasteiger partial charge in [0.25, 0.3) is 0 Å². The molecule has 1 aromatic heterocycles. The standard InChI is InChI=1S/C20H13ClO3S/c21-17-5-2-1-4-14(17)9-12-18(22)15-7-10-16(11-8-15)24-20(23)19-6-3-13-25-19/h1-13H. The molecule has 0 spiro atoms. The molecule has 3 rings (SSSR count). The molecule has 3 aromatic rings. The minimum absolute atomic E-state index is 0.156. The topological polar surface area (TPSA) is 43.4 Å². The zero-order valence-corrected chi connectivity index (χ0v) is 14.6. The van der Waals surface area contributed by atoms with Gasteiger partial charge in [-0.3, -0.25) is 4.79 Å². The van der Waals surface area contributed by atoms with E-state index in [0.29, 0.717) is 21.2 Å². The maximum Gasteiger partial charge on any atom is 0.353 e. The van der Waals surface area contributed by atoms with Gasteiger partial charge in [0.15, 0.2) is 5.78 Å². The molecule has 0 amide bonds. The zero-order valence-electron chi connectivity index (χ0n) is 13.0. The maximum absolute atomic E-state index is 12.2. The molecular formula is C20H13ClO3S. The van der Waals surface area contributed by atoms with Crippen LogP contribution in [0.25, 0.3) is 6.08 Å². The lowest BCUT2D eigenvalue weighted by atomic mass is 10.1. The lowest BCUT2D eigenvalue weighted by molar-refractivity contribution is 0.0740. The van der Waals surface area contributed by atoms with Crippen LogP contribution in [0.5, 0.6) is 5.75 Å². The monoisotopic (exact) mass is 368 g/mol. The van der Waals surface area contributed by atoms with Crippen molar-refractivity contribution >= 4 is 40.8 Å². The van der Waals surface area contributed by atoms with E-state index in [9.17, 15) is 9.59 Å². The molecule has 0 aliphatic rings. The Kier molecular flexibility index (Phi) is 5.43. The second kappa shape index (κ2) is 7.92. The molecule has 0 radical (unpaired) electrons. The van der Waals surface area contributed by atoms with Crippen LogP contribution in [-0.2, 0) is 0 Å². The molecule has 0 fully saturated rings. The normalized spacial score (nSPS) is 10.8. The summed E-state index contributed by atoms with van der Waals surface area (Å²) in [7, 11) is 0. The summed E-state index contributed by atoms with van der Waals surface area (Å²) in [6.45, 7) is 0. The fourth-order valence-corrected chi connectivity index (χ4v) is 2.91. The Labute approximate surface area is 154 Å². The number of ketones is 1. The SMILES string of the molecule is O=C(C=Cc1ccccc1Cl)c1ccc(OC(=O)c2cccs2)cc1. The number of carbonyl (C=O) groups is 2. The van der Waals surface area contributed by atoms with E-state index in [1.165, 1.54) is 17.4 Å². The Bertz CT molecular complexity index is 912. The van der Waals surface area contributed by atoms with Crippen molar-refractivity contribution in [3.05, 3.63) is 93.1 Å². The van der Waals surface area contributed by atoms with Crippen molar-refractivity contribution in [1.82, 2.24) is 0 Å². The summed E-state index contributed by atoms with van der Waals surface area (Å²) in [5.41, 5.74) is 1.28. The Morgan fingerprint density at radius 3 is 2.40 bits per heavy atom. The van der Waals surface area contributed by atoms with E-state index < -0.39 is 5.97 Å². The lowest BCUT2D eigenvalue weighted by Gasteiger charge is -2.03. The van der Waals surface area contributed by atoms with E-state index in [2.05, 4.69) is 0 Å². The van der Waals surface area contributed by atoms with Crippen molar-refractivity contribution in [2.75, 3.05) is 0 Å². The van der Waals surface area contributed by atoms with Gasteiger partial charge in [-0.25, -0.2) is 4.79 Å². The van der Waals surface area contributed by atoms with Gasteiger partial charge in [0.05, 0.1) is 0 Å². The molecule has 0 atom stereocenters. The highest BCUT2D eigenvalue weighted by Crippen LogP contribution is 2.19. The van der Waals surface area contributed by atoms with Crippen LogP contribution in [0.3, 0.4) is 0 Å². The quantitative estimate of drug-likeness (QED) is 0.258. The summed E-state index contributed by atoms with van der Waals surface area (Å²) in [4.78, 5) is 24.6. The molecule has 0 unspecified atom stereocenters. The van der Waals surface area contributed by atoms with Crippen molar-refractivity contribution in [3.63, 3.8) is 0 Å². The molecular weight excluding hydrogens is 356 g/mol. The Hall–Kier alpha value is -2.69. The minimum Gasteiger partial charge on any atom is -0.422 e. The number of thiophene rings is 1. The summed E-state index contributed by atoms with van der Waals surface area (Å²) in [5, 5.41) is 2.39. The molecule has 0 aliphatic carbocycles. The number of ether oxygens (including phenoxy) is 1. The van der Waals surface area contributed by atoms with Crippen LogP contribution in [0.4, 0.5) is 0 Å². The van der Waals surface area contributed by atoms with Gasteiger partial charge in [0, 0.05) is 10.6 Å². The smallest absolute Gasteiger partial charge is 0.353 e. The van der Waals surface area contributed by atoms with Crippen LogP contribution in [0, 0.1) is 0 Å². The van der Waals surface area contributed by atoms with Gasteiger partial charge >= 0.3 is 5.97 Å². The van der Waals surface area contributed by atoms with Gasteiger partial charge in [0.2, 0.25) is 0 Å². The van der Waals surface area contributed by atoms with Crippen LogP contribution in [0.15, 0.2) is 72.1 Å². The number of hydrogen-bond acceptors (Lipinski definition) is 4. The van der Waals surface area contributed by atoms with Crippen LogP contribution < -0.4 is 4.74 Å². The second-order valence-electron chi connectivity index (χ2n) is 5.11. The third-order valence-electron chi connectivity index (χ3n) is 3.39. The largest absolute Gasteiger partial charge is 0.422 e. The molecule has 5 heteroatoms. The van der Waals surface area contributed by atoms with E-state index in [4.69, 9.17) is 16.3 Å². The summed E-state index contributed by atoms with van der Waals surface area (Å²) in [5.74, 6) is -0.172. The average Bonchev–Trinajstić information content (AvgIpc) is 3.16. The number of hydrogen-bond donors (Lipinski definition) is 0. The lowest BCUT2D eigenvalue weighted by Crippen LogP contribution is -2.06. The summed E-state index contributed by atoms with van der Waals surface area (Å²) in [6, 6.07) is 17.2. The van der Waals surface area contributed by atoms with Crippen molar-refractivity contribution in [2.24, 2.45) is 0 Å². The van der Waals surface area contributed by atoms with Gasteiger partial charge in [0.1, 0.15) is 10.6 Å². The summed E-state index contributed by atoms with van der Waals surface area (Å²) < 4.78 is 5.26. The maximum atomic E-state index is 12.2. The highest BCUT2D eigenvalue weighted by molar-refractivity contribution is 7.12. The molecule has 0 aliphatic heterocycles. The van der Waals surface area contributed by atoms with Gasteiger partial charge < -0.3 is 4.74 Å². The fourth-order valence-electron chi connectivity index (χ4n) is 2.11. The second-order valence-corrected chi connectivity index (χ2v) is 6.47.